The van der Waals surface area contributed by atoms with Crippen LogP contribution in [0.15, 0.2) is 24.3 Å². The Kier molecular flexibility index (Phi) is 5.19. The van der Waals surface area contributed by atoms with Crippen LogP contribution in [0.2, 0.25) is 0 Å². The molecule has 0 nitrogen and oxygen atoms in total. The van der Waals surface area contributed by atoms with Crippen molar-refractivity contribution in [3.05, 3.63) is 35.4 Å². The first-order chi connectivity index (χ1) is 8.90. The highest BCUT2D eigenvalue weighted by atomic mass is 32.2. The maximum atomic E-state index is 2.41. The molecular formula is C14H18S4. The lowest BCUT2D eigenvalue weighted by molar-refractivity contribution is 1.01. The third kappa shape index (κ3) is 3.81. The van der Waals surface area contributed by atoms with Gasteiger partial charge in [0, 0.05) is 11.5 Å². The highest BCUT2D eigenvalue weighted by molar-refractivity contribution is 8.18. The molecule has 1 aromatic carbocycles. The Bertz CT molecular complexity index is 352. The van der Waals surface area contributed by atoms with E-state index in [1.54, 1.807) is 0 Å². The van der Waals surface area contributed by atoms with E-state index in [9.17, 15) is 0 Å². The molecule has 0 spiro atoms. The molecule has 2 aliphatic rings. The van der Waals surface area contributed by atoms with Gasteiger partial charge in [-0.25, -0.2) is 0 Å². The zero-order valence-corrected chi connectivity index (χ0v) is 13.6. The van der Waals surface area contributed by atoms with Crippen LogP contribution in [0.5, 0.6) is 0 Å². The van der Waals surface area contributed by atoms with Crippen molar-refractivity contribution in [1.29, 1.82) is 0 Å². The summed E-state index contributed by atoms with van der Waals surface area (Å²) in [5, 5.41) is 0. The standard InChI is InChI=1S/C14H18S4/c1-2-11(9-17-13-4-6-15-13)8-12(3-1)10-18-14-5-7-16-14/h1-3,8,13-14H,4-7,9-10H2. The van der Waals surface area contributed by atoms with Crippen molar-refractivity contribution < 1.29 is 0 Å². The van der Waals surface area contributed by atoms with E-state index in [0.29, 0.717) is 0 Å². The molecule has 0 radical (unpaired) electrons. The molecule has 0 N–H and O–H groups in total. The number of benzene rings is 1. The second kappa shape index (κ2) is 6.87. The molecule has 0 amide bonds. The zero-order chi connectivity index (χ0) is 12.2. The Morgan fingerprint density at radius 2 is 1.44 bits per heavy atom. The van der Waals surface area contributed by atoms with Gasteiger partial charge in [-0.2, -0.15) is 0 Å². The zero-order valence-electron chi connectivity index (χ0n) is 10.3. The molecule has 0 aromatic heterocycles. The minimum absolute atomic E-state index is 0.870. The fraction of sp³-hybridized carbons (Fsp3) is 0.571. The predicted molar refractivity (Wildman–Crippen MR) is 90.8 cm³/mol. The lowest BCUT2D eigenvalue weighted by Crippen LogP contribution is -2.11. The van der Waals surface area contributed by atoms with Gasteiger partial charge in [0.1, 0.15) is 0 Å². The molecule has 2 heterocycles. The molecule has 18 heavy (non-hydrogen) atoms. The summed E-state index contributed by atoms with van der Waals surface area (Å²) in [5.41, 5.74) is 3.01. The van der Waals surface area contributed by atoms with Gasteiger partial charge < -0.3 is 0 Å². The monoisotopic (exact) mass is 314 g/mol. The van der Waals surface area contributed by atoms with Gasteiger partial charge in [0.15, 0.2) is 0 Å². The normalized spacial score (nSPS) is 26.4. The van der Waals surface area contributed by atoms with Crippen molar-refractivity contribution in [3.63, 3.8) is 0 Å². The predicted octanol–water partition coefficient (Wildman–Crippen LogP) is 5.08. The summed E-state index contributed by atoms with van der Waals surface area (Å²) >= 11 is 8.45. The van der Waals surface area contributed by atoms with Gasteiger partial charge in [-0.05, 0) is 35.5 Å². The SMILES string of the molecule is c1cc(CSC2CCS2)cc(CSC2CCS2)c1. The molecule has 1 aromatic rings. The van der Waals surface area contributed by atoms with Gasteiger partial charge in [0.25, 0.3) is 0 Å². The van der Waals surface area contributed by atoms with E-state index >= 15 is 0 Å². The van der Waals surface area contributed by atoms with Crippen LogP contribution in [0, 0.1) is 0 Å². The molecule has 2 aliphatic heterocycles. The van der Waals surface area contributed by atoms with Gasteiger partial charge in [-0.1, -0.05) is 24.3 Å². The molecule has 0 aliphatic carbocycles. The van der Waals surface area contributed by atoms with E-state index in [1.807, 2.05) is 0 Å². The highest BCUT2D eigenvalue weighted by Crippen LogP contribution is 2.39. The first-order valence-corrected chi connectivity index (χ1v) is 10.6. The Labute approximate surface area is 127 Å². The summed E-state index contributed by atoms with van der Waals surface area (Å²) in [7, 11) is 0. The van der Waals surface area contributed by atoms with Crippen LogP contribution < -0.4 is 0 Å². The fourth-order valence-corrected chi connectivity index (χ4v) is 6.52. The van der Waals surface area contributed by atoms with Gasteiger partial charge in [0.05, 0.1) is 9.16 Å². The van der Waals surface area contributed by atoms with Crippen LogP contribution >= 0.6 is 47.0 Å². The number of hydrogen-bond acceptors (Lipinski definition) is 4. The lowest BCUT2D eigenvalue weighted by Gasteiger charge is -2.24. The van der Waals surface area contributed by atoms with Crippen molar-refractivity contribution in [2.45, 2.75) is 33.5 Å². The van der Waals surface area contributed by atoms with Crippen molar-refractivity contribution in [2.24, 2.45) is 0 Å². The smallest absolute Gasteiger partial charge is 0.0513 e. The molecule has 2 atom stereocenters. The van der Waals surface area contributed by atoms with Crippen LogP contribution in [0.1, 0.15) is 24.0 Å². The van der Waals surface area contributed by atoms with E-state index < -0.39 is 0 Å². The molecule has 2 fully saturated rings. The maximum Gasteiger partial charge on any atom is 0.0513 e. The topological polar surface area (TPSA) is 0 Å². The fourth-order valence-electron chi connectivity index (χ4n) is 1.88. The molecule has 98 valence electrons. The second-order valence-corrected chi connectivity index (χ2v) is 10.2. The number of hydrogen-bond donors (Lipinski definition) is 0. The van der Waals surface area contributed by atoms with Gasteiger partial charge >= 0.3 is 0 Å². The first-order valence-electron chi connectivity index (χ1n) is 6.44. The van der Waals surface area contributed by atoms with Crippen molar-refractivity contribution >= 4 is 47.0 Å². The third-order valence-electron chi connectivity index (χ3n) is 3.18. The van der Waals surface area contributed by atoms with Crippen molar-refractivity contribution in [1.82, 2.24) is 0 Å². The summed E-state index contributed by atoms with van der Waals surface area (Å²) in [5.74, 6) is 5.11. The van der Waals surface area contributed by atoms with Gasteiger partial charge in [0.2, 0.25) is 0 Å². The van der Waals surface area contributed by atoms with Crippen LogP contribution in [-0.4, -0.2) is 20.7 Å². The summed E-state index contributed by atoms with van der Waals surface area (Å²) < 4.78 is 1.74. The lowest BCUT2D eigenvalue weighted by atomic mass is 10.2. The number of thioether (sulfide) groups is 4. The Hall–Kier alpha value is 0.620. The number of rotatable bonds is 6. The molecule has 2 unspecified atom stereocenters. The molecule has 0 bridgehead atoms. The molecular weight excluding hydrogens is 296 g/mol. The van der Waals surface area contributed by atoms with Crippen molar-refractivity contribution in [2.75, 3.05) is 11.5 Å². The third-order valence-corrected chi connectivity index (χ3v) is 9.18. The summed E-state index contributed by atoms with van der Waals surface area (Å²) in [4.78, 5) is 0. The first kappa shape index (κ1) is 13.6. The van der Waals surface area contributed by atoms with Crippen LogP contribution in [0.3, 0.4) is 0 Å². The highest BCUT2D eigenvalue weighted by Gasteiger charge is 2.19. The van der Waals surface area contributed by atoms with E-state index in [0.717, 1.165) is 9.16 Å². The van der Waals surface area contributed by atoms with Gasteiger partial charge in [-0.3, -0.25) is 0 Å². The van der Waals surface area contributed by atoms with Crippen LogP contribution in [0.25, 0.3) is 0 Å². The van der Waals surface area contributed by atoms with E-state index in [2.05, 4.69) is 71.3 Å². The molecule has 3 rings (SSSR count). The Morgan fingerprint density at radius 1 is 0.944 bits per heavy atom. The van der Waals surface area contributed by atoms with E-state index in [1.165, 1.54) is 47.0 Å². The molecule has 0 saturated carbocycles. The van der Waals surface area contributed by atoms with E-state index in [4.69, 9.17) is 0 Å². The molecule has 2 saturated heterocycles. The summed E-state index contributed by atoms with van der Waals surface area (Å²) in [6, 6.07) is 9.20. The van der Waals surface area contributed by atoms with Crippen molar-refractivity contribution in [3.8, 4) is 0 Å². The minimum Gasteiger partial charge on any atom is -0.148 e. The van der Waals surface area contributed by atoms with Gasteiger partial charge in [-0.15, -0.1) is 47.0 Å². The largest absolute Gasteiger partial charge is 0.148 e. The summed E-state index contributed by atoms with van der Waals surface area (Å²) in [6.45, 7) is 0. The summed E-state index contributed by atoms with van der Waals surface area (Å²) in [6.07, 6.45) is 2.81. The Morgan fingerprint density at radius 3 is 1.83 bits per heavy atom. The van der Waals surface area contributed by atoms with E-state index in [-0.39, 0.29) is 0 Å². The second-order valence-electron chi connectivity index (χ2n) is 4.62. The average Bonchev–Trinajstić information content (AvgIpc) is 2.25. The molecule has 4 heteroatoms. The minimum atomic E-state index is 0.870. The van der Waals surface area contributed by atoms with Crippen LogP contribution in [0.4, 0.5) is 0 Å². The average molecular weight is 315 g/mol. The van der Waals surface area contributed by atoms with Crippen LogP contribution in [-0.2, 0) is 11.5 Å². The quantitative estimate of drug-likeness (QED) is 0.718. The Balaban J connectivity index is 1.47. The maximum absolute atomic E-state index is 2.41.